The van der Waals surface area contributed by atoms with Crippen LogP contribution in [0.2, 0.25) is 0 Å². The minimum atomic E-state index is -0.197. The van der Waals surface area contributed by atoms with Crippen LogP contribution in [0.4, 0.5) is 0 Å². The second kappa shape index (κ2) is 7.33. The summed E-state index contributed by atoms with van der Waals surface area (Å²) >= 11 is 0. The lowest BCUT2D eigenvalue weighted by Gasteiger charge is -2.20. The van der Waals surface area contributed by atoms with Gasteiger partial charge in [-0.3, -0.25) is 15.2 Å². The fraction of sp³-hybridized carbons (Fsp3) is 0.846. The van der Waals surface area contributed by atoms with E-state index in [9.17, 15) is 4.79 Å². The molecular weight excluding hydrogens is 242 g/mol. The van der Waals surface area contributed by atoms with E-state index in [0.29, 0.717) is 25.0 Å². The van der Waals surface area contributed by atoms with Crippen molar-refractivity contribution in [1.29, 1.82) is 0 Å². The van der Waals surface area contributed by atoms with Crippen molar-refractivity contribution in [3.05, 3.63) is 0 Å². The first kappa shape index (κ1) is 15.8. The van der Waals surface area contributed by atoms with Crippen LogP contribution in [0.25, 0.3) is 0 Å². The first-order valence-electron chi connectivity index (χ1n) is 6.99. The van der Waals surface area contributed by atoms with Crippen molar-refractivity contribution in [2.45, 2.75) is 64.5 Å². The number of nitrogens with one attached hydrogen (secondary N) is 3. The molecule has 0 atom stereocenters. The monoisotopic (exact) mass is 269 g/mol. The molecule has 1 saturated carbocycles. The molecule has 0 aromatic heterocycles. The Kier molecular flexibility index (Phi) is 6.08. The van der Waals surface area contributed by atoms with Crippen LogP contribution in [0, 0.1) is 0 Å². The minimum absolute atomic E-state index is 0.00786. The maximum Gasteiger partial charge on any atom is 0.222 e. The third kappa shape index (κ3) is 7.00. The molecule has 1 amide bonds. The van der Waals surface area contributed by atoms with E-state index in [4.69, 9.17) is 5.84 Å². The van der Waals surface area contributed by atoms with Gasteiger partial charge in [0.2, 0.25) is 11.9 Å². The summed E-state index contributed by atoms with van der Waals surface area (Å²) in [6.45, 7) is 6.31. The largest absolute Gasteiger partial charge is 0.353 e. The maximum absolute atomic E-state index is 11.6. The minimum Gasteiger partial charge on any atom is -0.353 e. The highest BCUT2D eigenvalue weighted by molar-refractivity contribution is 5.80. The lowest BCUT2D eigenvalue weighted by Crippen LogP contribution is -2.46. The van der Waals surface area contributed by atoms with E-state index in [0.717, 1.165) is 12.8 Å². The van der Waals surface area contributed by atoms with Crippen LogP contribution in [-0.2, 0) is 4.79 Å². The van der Waals surface area contributed by atoms with E-state index < -0.39 is 0 Å². The van der Waals surface area contributed by atoms with E-state index in [-0.39, 0.29) is 11.4 Å². The Balaban J connectivity index is 2.30. The van der Waals surface area contributed by atoms with Crippen molar-refractivity contribution in [3.8, 4) is 0 Å². The van der Waals surface area contributed by atoms with Gasteiger partial charge in [-0.2, -0.15) is 0 Å². The number of nitrogens with zero attached hydrogens (tertiary/aromatic N) is 1. The molecule has 0 radical (unpaired) electrons. The highest BCUT2D eigenvalue weighted by atomic mass is 16.1. The van der Waals surface area contributed by atoms with Crippen LogP contribution in [0.5, 0.6) is 0 Å². The summed E-state index contributed by atoms with van der Waals surface area (Å²) in [6.07, 6.45) is 5.19. The number of rotatable bonds is 4. The molecule has 0 aromatic carbocycles. The highest BCUT2D eigenvalue weighted by Gasteiger charge is 2.16. The third-order valence-corrected chi connectivity index (χ3v) is 2.96. The number of guanidine groups is 1. The van der Waals surface area contributed by atoms with Crippen LogP contribution in [0.3, 0.4) is 0 Å². The lowest BCUT2D eigenvalue weighted by atomic mass is 10.1. The number of hydrazine groups is 1. The smallest absolute Gasteiger partial charge is 0.222 e. The van der Waals surface area contributed by atoms with Gasteiger partial charge >= 0.3 is 0 Å². The number of carbonyl (C=O) groups is 1. The SMILES string of the molecule is CC(C)(C)NC(=O)CCN=C(NN)NC1CCCC1. The molecule has 1 rings (SSSR count). The molecule has 0 aromatic rings. The Bertz CT molecular complexity index is 315. The third-order valence-electron chi connectivity index (χ3n) is 2.96. The molecule has 1 aliphatic rings. The Morgan fingerprint density at radius 2 is 1.95 bits per heavy atom. The summed E-state index contributed by atoms with van der Waals surface area (Å²) in [5.74, 6) is 6.01. The van der Waals surface area contributed by atoms with Crippen molar-refractivity contribution in [3.63, 3.8) is 0 Å². The Labute approximate surface area is 115 Å². The fourth-order valence-corrected chi connectivity index (χ4v) is 2.15. The molecule has 1 aliphatic carbocycles. The summed E-state index contributed by atoms with van der Waals surface area (Å²) in [6, 6.07) is 0.457. The van der Waals surface area contributed by atoms with Crippen molar-refractivity contribution in [2.24, 2.45) is 10.8 Å². The topological polar surface area (TPSA) is 91.5 Å². The molecule has 1 fully saturated rings. The van der Waals surface area contributed by atoms with Gasteiger partial charge in [-0.25, -0.2) is 5.84 Å². The van der Waals surface area contributed by atoms with Gasteiger partial charge in [0.25, 0.3) is 0 Å². The maximum atomic E-state index is 11.6. The summed E-state index contributed by atoms with van der Waals surface area (Å²) in [5, 5.41) is 6.17. The Morgan fingerprint density at radius 1 is 1.32 bits per heavy atom. The van der Waals surface area contributed by atoms with E-state index in [2.05, 4.69) is 21.1 Å². The predicted molar refractivity (Wildman–Crippen MR) is 77.5 cm³/mol. The lowest BCUT2D eigenvalue weighted by molar-refractivity contribution is -0.122. The molecule has 0 spiro atoms. The summed E-state index contributed by atoms with van der Waals surface area (Å²) in [4.78, 5) is 15.9. The molecule has 0 saturated heterocycles. The Hall–Kier alpha value is -1.30. The van der Waals surface area contributed by atoms with E-state index in [1.807, 2.05) is 20.8 Å². The van der Waals surface area contributed by atoms with Crippen LogP contribution >= 0.6 is 0 Å². The molecule has 0 heterocycles. The fourth-order valence-electron chi connectivity index (χ4n) is 2.15. The van der Waals surface area contributed by atoms with Gasteiger partial charge in [-0.05, 0) is 33.6 Å². The van der Waals surface area contributed by atoms with E-state index in [1.54, 1.807) is 0 Å². The van der Waals surface area contributed by atoms with Gasteiger partial charge in [0.15, 0.2) is 0 Å². The first-order chi connectivity index (χ1) is 8.90. The van der Waals surface area contributed by atoms with Crippen LogP contribution in [0.15, 0.2) is 4.99 Å². The van der Waals surface area contributed by atoms with Crippen molar-refractivity contribution >= 4 is 11.9 Å². The second-order valence-electron chi connectivity index (χ2n) is 6.05. The van der Waals surface area contributed by atoms with E-state index in [1.165, 1.54) is 12.8 Å². The number of carbonyl (C=O) groups excluding carboxylic acids is 1. The van der Waals surface area contributed by atoms with Crippen molar-refractivity contribution in [2.75, 3.05) is 6.54 Å². The van der Waals surface area contributed by atoms with Gasteiger partial charge in [0.05, 0.1) is 6.54 Å². The zero-order chi connectivity index (χ0) is 14.3. The number of nitrogens with two attached hydrogens (primary N) is 1. The van der Waals surface area contributed by atoms with Gasteiger partial charge < -0.3 is 10.6 Å². The normalized spacial score (nSPS) is 17.4. The molecule has 0 bridgehead atoms. The zero-order valence-corrected chi connectivity index (χ0v) is 12.3. The van der Waals surface area contributed by atoms with E-state index >= 15 is 0 Å². The second-order valence-corrected chi connectivity index (χ2v) is 6.05. The number of hydrogen-bond acceptors (Lipinski definition) is 3. The summed E-state index contributed by atoms with van der Waals surface area (Å²) in [5.41, 5.74) is 2.36. The van der Waals surface area contributed by atoms with Gasteiger partial charge in [-0.1, -0.05) is 12.8 Å². The molecule has 6 heteroatoms. The predicted octanol–water partition coefficient (Wildman–Crippen LogP) is 0.643. The van der Waals surface area contributed by atoms with Crippen molar-refractivity contribution < 1.29 is 4.79 Å². The molecule has 6 nitrogen and oxygen atoms in total. The average molecular weight is 269 g/mol. The number of amides is 1. The van der Waals surface area contributed by atoms with Gasteiger partial charge in [-0.15, -0.1) is 0 Å². The van der Waals surface area contributed by atoms with Crippen LogP contribution < -0.4 is 21.9 Å². The van der Waals surface area contributed by atoms with Crippen LogP contribution in [0.1, 0.15) is 52.9 Å². The first-order valence-corrected chi connectivity index (χ1v) is 6.99. The van der Waals surface area contributed by atoms with Crippen molar-refractivity contribution in [1.82, 2.24) is 16.1 Å². The van der Waals surface area contributed by atoms with Crippen LogP contribution in [-0.4, -0.2) is 30.0 Å². The quantitative estimate of drug-likeness (QED) is 0.261. The molecule has 0 unspecified atom stereocenters. The summed E-state index contributed by atoms with van der Waals surface area (Å²) < 4.78 is 0. The number of aliphatic imine (C=N–C) groups is 1. The van der Waals surface area contributed by atoms with Gasteiger partial charge in [0.1, 0.15) is 0 Å². The zero-order valence-electron chi connectivity index (χ0n) is 12.3. The Morgan fingerprint density at radius 3 is 2.47 bits per heavy atom. The molecule has 19 heavy (non-hydrogen) atoms. The number of hydrogen-bond donors (Lipinski definition) is 4. The molecule has 0 aliphatic heterocycles. The highest BCUT2D eigenvalue weighted by Crippen LogP contribution is 2.17. The molecule has 110 valence electrons. The molecular formula is C13H27N5O. The summed E-state index contributed by atoms with van der Waals surface area (Å²) in [7, 11) is 0. The standard InChI is InChI=1S/C13H27N5O/c1-13(2,3)17-11(19)8-9-15-12(18-14)16-10-6-4-5-7-10/h10H,4-9,14H2,1-3H3,(H,17,19)(H2,15,16,18). The van der Waals surface area contributed by atoms with Gasteiger partial charge in [0, 0.05) is 18.0 Å². The average Bonchev–Trinajstić information content (AvgIpc) is 2.78. The molecule has 5 N–H and O–H groups in total.